The Hall–Kier alpha value is -1.61. The summed E-state index contributed by atoms with van der Waals surface area (Å²) in [5.74, 6) is -2.07. The Morgan fingerprint density at radius 2 is 2.00 bits per heavy atom. The van der Waals surface area contributed by atoms with Gasteiger partial charge in [-0.3, -0.25) is 4.21 Å². The molecule has 1 rings (SSSR count). The van der Waals surface area contributed by atoms with Crippen LogP contribution in [-0.4, -0.2) is 28.2 Å². The van der Waals surface area contributed by atoms with E-state index in [9.17, 15) is 26.7 Å². The number of ether oxygens (including phenoxy) is 2. The molecule has 100 valence electrons. The molecule has 18 heavy (non-hydrogen) atoms. The van der Waals surface area contributed by atoms with Gasteiger partial charge in [-0.1, -0.05) is 6.07 Å². The molecule has 0 amide bonds. The molecule has 5 nitrogen and oxygen atoms in total. The molecule has 0 saturated carbocycles. The number of methoxy groups -OCH3 is 1. The van der Waals surface area contributed by atoms with Crippen molar-refractivity contribution in [2.75, 3.05) is 7.11 Å². The molecule has 0 spiro atoms. The lowest BCUT2D eigenvalue weighted by Gasteiger charge is -2.16. The molecule has 1 unspecified atom stereocenters. The van der Waals surface area contributed by atoms with Gasteiger partial charge in [0, 0.05) is 0 Å². The Kier molecular flexibility index (Phi) is 4.30. The lowest BCUT2D eigenvalue weighted by atomic mass is 10.2. The van der Waals surface area contributed by atoms with E-state index in [-0.39, 0.29) is 0 Å². The van der Waals surface area contributed by atoms with Gasteiger partial charge < -0.3 is 14.0 Å². The predicted octanol–water partition coefficient (Wildman–Crippen LogP) is 1.61. The minimum Gasteiger partial charge on any atom is -0.768 e. The zero-order valence-corrected chi connectivity index (χ0v) is 9.63. The van der Waals surface area contributed by atoms with Crippen molar-refractivity contribution in [1.82, 2.24) is 0 Å². The first kappa shape index (κ1) is 14.5. The van der Waals surface area contributed by atoms with E-state index in [1.54, 1.807) is 0 Å². The third-order valence-electron chi connectivity index (χ3n) is 1.78. The van der Waals surface area contributed by atoms with Crippen LogP contribution in [0.5, 0.6) is 5.75 Å². The van der Waals surface area contributed by atoms with E-state index in [4.69, 9.17) is 0 Å². The molecular formula is C9H6F3O5S-. The van der Waals surface area contributed by atoms with Gasteiger partial charge in [-0.2, -0.15) is 0 Å². The first-order valence-corrected chi connectivity index (χ1v) is 5.40. The van der Waals surface area contributed by atoms with Crippen molar-refractivity contribution in [3.63, 3.8) is 0 Å². The van der Waals surface area contributed by atoms with Crippen LogP contribution in [0.25, 0.3) is 0 Å². The summed E-state index contributed by atoms with van der Waals surface area (Å²) in [6.07, 6.45) is -5.07. The molecular weight excluding hydrogens is 277 g/mol. The van der Waals surface area contributed by atoms with Crippen LogP contribution in [0.3, 0.4) is 0 Å². The summed E-state index contributed by atoms with van der Waals surface area (Å²) in [7, 11) is 0.969. The number of carbonyl (C=O) groups is 1. The van der Waals surface area contributed by atoms with Gasteiger partial charge in [0.05, 0.1) is 17.6 Å². The fourth-order valence-corrected chi connectivity index (χ4v) is 1.77. The Balaban J connectivity index is 3.35. The van der Waals surface area contributed by atoms with E-state index in [1.807, 2.05) is 0 Å². The van der Waals surface area contributed by atoms with Crippen molar-refractivity contribution in [3.05, 3.63) is 23.8 Å². The summed E-state index contributed by atoms with van der Waals surface area (Å²) < 4.78 is 65.8. The van der Waals surface area contributed by atoms with Crippen LogP contribution in [0.2, 0.25) is 0 Å². The maximum absolute atomic E-state index is 12.1. The largest absolute Gasteiger partial charge is 0.768 e. The van der Waals surface area contributed by atoms with Crippen molar-refractivity contribution < 1.29 is 36.2 Å². The summed E-state index contributed by atoms with van der Waals surface area (Å²) in [5, 5.41) is 0. The number of hydrogen-bond acceptors (Lipinski definition) is 5. The van der Waals surface area contributed by atoms with Crippen LogP contribution in [0.15, 0.2) is 23.1 Å². The van der Waals surface area contributed by atoms with Crippen LogP contribution < -0.4 is 4.74 Å². The Morgan fingerprint density at radius 1 is 1.39 bits per heavy atom. The number of hydrogen-bond donors (Lipinski definition) is 0. The Labute approximate surface area is 102 Å². The van der Waals surface area contributed by atoms with Crippen molar-refractivity contribution in [3.8, 4) is 5.75 Å². The van der Waals surface area contributed by atoms with E-state index >= 15 is 0 Å². The summed E-state index contributed by atoms with van der Waals surface area (Å²) >= 11 is -3.08. The summed E-state index contributed by atoms with van der Waals surface area (Å²) in [4.78, 5) is 10.3. The van der Waals surface area contributed by atoms with Crippen LogP contribution in [0, 0.1) is 0 Å². The molecule has 0 N–H and O–H groups in total. The van der Waals surface area contributed by atoms with Gasteiger partial charge in [0.15, 0.2) is 0 Å². The van der Waals surface area contributed by atoms with E-state index in [1.165, 1.54) is 0 Å². The molecule has 0 radical (unpaired) electrons. The van der Waals surface area contributed by atoms with E-state index in [2.05, 4.69) is 9.47 Å². The molecule has 0 aliphatic heterocycles. The minimum atomic E-state index is -5.07. The van der Waals surface area contributed by atoms with E-state index in [0.29, 0.717) is 0 Å². The highest BCUT2D eigenvalue weighted by molar-refractivity contribution is 7.79. The molecule has 0 aromatic heterocycles. The molecule has 0 bridgehead atoms. The SMILES string of the molecule is COC(=O)c1cccc(OC(F)(F)F)c1S(=O)[O-]. The zero-order chi connectivity index (χ0) is 13.9. The van der Waals surface area contributed by atoms with Crippen LogP contribution in [0.4, 0.5) is 13.2 Å². The normalized spacial score (nSPS) is 12.9. The van der Waals surface area contributed by atoms with E-state index < -0.39 is 39.6 Å². The molecule has 0 aliphatic carbocycles. The maximum atomic E-state index is 12.1. The van der Waals surface area contributed by atoms with Gasteiger partial charge in [0.1, 0.15) is 5.75 Å². The molecule has 1 aromatic carbocycles. The fourth-order valence-electron chi connectivity index (χ4n) is 1.16. The number of esters is 1. The van der Waals surface area contributed by atoms with Gasteiger partial charge in [-0.05, 0) is 23.2 Å². The summed E-state index contributed by atoms with van der Waals surface area (Å²) in [5.41, 5.74) is -0.535. The third-order valence-corrected chi connectivity index (χ3v) is 2.53. The monoisotopic (exact) mass is 283 g/mol. The second-order valence-corrected chi connectivity index (χ2v) is 3.78. The zero-order valence-electron chi connectivity index (χ0n) is 8.82. The van der Waals surface area contributed by atoms with Crippen LogP contribution >= 0.6 is 0 Å². The molecule has 1 atom stereocenters. The molecule has 1 aromatic rings. The second-order valence-electron chi connectivity index (χ2n) is 2.91. The average Bonchev–Trinajstić information content (AvgIpc) is 2.25. The Morgan fingerprint density at radius 3 is 2.44 bits per heavy atom. The maximum Gasteiger partial charge on any atom is 0.573 e. The highest BCUT2D eigenvalue weighted by Gasteiger charge is 2.33. The number of benzene rings is 1. The summed E-state index contributed by atoms with van der Waals surface area (Å²) in [6, 6.07) is 2.84. The minimum absolute atomic E-state index is 0.535. The predicted molar refractivity (Wildman–Crippen MR) is 51.7 cm³/mol. The van der Waals surface area contributed by atoms with Gasteiger partial charge in [-0.25, -0.2) is 4.79 Å². The smallest absolute Gasteiger partial charge is 0.573 e. The van der Waals surface area contributed by atoms with E-state index in [0.717, 1.165) is 25.3 Å². The van der Waals surface area contributed by atoms with Crippen molar-refractivity contribution in [2.24, 2.45) is 0 Å². The van der Waals surface area contributed by atoms with Crippen LogP contribution in [0.1, 0.15) is 10.4 Å². The fraction of sp³-hybridized carbons (Fsp3) is 0.222. The number of alkyl halides is 3. The van der Waals surface area contributed by atoms with Gasteiger partial charge in [0.25, 0.3) is 0 Å². The highest BCUT2D eigenvalue weighted by atomic mass is 32.2. The van der Waals surface area contributed by atoms with Crippen LogP contribution in [-0.2, 0) is 15.8 Å². The van der Waals surface area contributed by atoms with Gasteiger partial charge in [-0.15, -0.1) is 13.2 Å². The number of rotatable bonds is 3. The quantitative estimate of drug-likeness (QED) is 0.622. The molecule has 0 aliphatic rings. The molecule has 9 heteroatoms. The molecule has 0 fully saturated rings. The van der Waals surface area contributed by atoms with Crippen molar-refractivity contribution in [1.29, 1.82) is 0 Å². The molecule has 0 saturated heterocycles. The average molecular weight is 283 g/mol. The first-order chi connectivity index (χ1) is 8.26. The molecule has 0 heterocycles. The topological polar surface area (TPSA) is 75.7 Å². The number of halogens is 3. The van der Waals surface area contributed by atoms with Crippen molar-refractivity contribution >= 4 is 17.0 Å². The highest BCUT2D eigenvalue weighted by Crippen LogP contribution is 2.30. The summed E-state index contributed by atoms with van der Waals surface area (Å²) in [6.45, 7) is 0. The second kappa shape index (κ2) is 5.36. The first-order valence-electron chi connectivity index (χ1n) is 4.32. The lowest BCUT2D eigenvalue weighted by Crippen LogP contribution is -2.19. The van der Waals surface area contributed by atoms with Crippen molar-refractivity contribution in [2.45, 2.75) is 11.3 Å². The van der Waals surface area contributed by atoms with Gasteiger partial charge in [0.2, 0.25) is 0 Å². The number of carbonyl (C=O) groups excluding carboxylic acids is 1. The third kappa shape index (κ3) is 3.44. The van der Waals surface area contributed by atoms with Gasteiger partial charge >= 0.3 is 12.3 Å². The lowest BCUT2D eigenvalue weighted by molar-refractivity contribution is -0.275. The Bertz CT molecular complexity index is 486. The standard InChI is InChI=1S/C9H7F3O5S/c1-16-8(13)5-3-2-4-6(7(5)18(14)15)17-9(10,11)12/h2-4H,1H3,(H,14,15)/p-1.